The summed E-state index contributed by atoms with van der Waals surface area (Å²) in [5.41, 5.74) is 1.34. The van der Waals surface area contributed by atoms with Gasteiger partial charge in [-0.2, -0.15) is 5.10 Å². The van der Waals surface area contributed by atoms with Crippen molar-refractivity contribution >= 4 is 28.6 Å². The first-order chi connectivity index (χ1) is 9.88. The Labute approximate surface area is 128 Å². The van der Waals surface area contributed by atoms with Crippen molar-refractivity contribution in [1.29, 1.82) is 0 Å². The van der Waals surface area contributed by atoms with Crippen LogP contribution in [0.5, 0.6) is 0 Å². The van der Waals surface area contributed by atoms with E-state index < -0.39 is 16.6 Å². The van der Waals surface area contributed by atoms with Crippen LogP contribution in [0.1, 0.15) is 11.1 Å². The van der Waals surface area contributed by atoms with E-state index in [4.69, 9.17) is 11.6 Å². The van der Waals surface area contributed by atoms with E-state index in [9.17, 15) is 13.5 Å². The molecular formula is C14H14ClFN2O2S. The summed E-state index contributed by atoms with van der Waals surface area (Å²) in [6, 6.07) is 10.6. The predicted octanol–water partition coefficient (Wildman–Crippen LogP) is 4.44. The third-order valence-corrected chi connectivity index (χ3v) is 4.33. The molecule has 0 amide bonds. The van der Waals surface area contributed by atoms with Crippen LogP contribution in [0.25, 0.3) is 0 Å². The van der Waals surface area contributed by atoms with Crippen LogP contribution in [0.2, 0.25) is 5.02 Å². The van der Waals surface area contributed by atoms with Gasteiger partial charge in [-0.1, -0.05) is 40.1 Å². The fraction of sp³-hybridized carbons (Fsp3) is 0.0714. The number of benzene rings is 2. The second kappa shape index (κ2) is 6.44. The second-order valence-electron chi connectivity index (χ2n) is 4.38. The van der Waals surface area contributed by atoms with E-state index in [0.717, 1.165) is 5.56 Å². The summed E-state index contributed by atoms with van der Waals surface area (Å²) in [7, 11) is -3.25. The van der Waals surface area contributed by atoms with Crippen molar-refractivity contribution in [3.8, 4) is 0 Å². The van der Waals surface area contributed by atoms with Crippen LogP contribution in [-0.4, -0.2) is 15.3 Å². The first-order valence-electron chi connectivity index (χ1n) is 5.98. The summed E-state index contributed by atoms with van der Waals surface area (Å²) in [6.07, 6.45) is 1.23. The van der Waals surface area contributed by atoms with Gasteiger partial charge in [-0.25, -0.2) is 9.22 Å². The van der Waals surface area contributed by atoms with Gasteiger partial charge in [0, 0.05) is 10.6 Å². The number of aryl methyl sites for hydroxylation is 1. The van der Waals surface area contributed by atoms with E-state index in [0.29, 0.717) is 15.5 Å². The number of halogens is 2. The summed E-state index contributed by atoms with van der Waals surface area (Å²) in [4.78, 5) is 2.59. The zero-order valence-electron chi connectivity index (χ0n) is 11.1. The molecule has 2 aromatic rings. The van der Waals surface area contributed by atoms with Crippen LogP contribution in [0.4, 0.5) is 4.39 Å². The zero-order chi connectivity index (χ0) is 15.5. The first-order valence-corrected chi connectivity index (χ1v) is 7.91. The summed E-state index contributed by atoms with van der Waals surface area (Å²) in [6.45, 7) is 1.90. The van der Waals surface area contributed by atoms with Crippen LogP contribution in [0, 0.1) is 12.7 Å². The van der Waals surface area contributed by atoms with E-state index in [1.165, 1.54) is 24.4 Å². The highest BCUT2D eigenvalue weighted by Gasteiger charge is 2.13. The average molecular weight is 329 g/mol. The van der Waals surface area contributed by atoms with Crippen LogP contribution in [0.3, 0.4) is 0 Å². The zero-order valence-corrected chi connectivity index (χ0v) is 12.7. The van der Waals surface area contributed by atoms with Crippen molar-refractivity contribution in [2.75, 3.05) is 0 Å². The van der Waals surface area contributed by atoms with Gasteiger partial charge in [0.05, 0.1) is 11.1 Å². The standard InChI is InChI=1S/C14H14ClFN2O2S/c1-10-2-5-13(6-3-10)21(19,20)18-17-9-11-8-12(16)4-7-14(11)15/h2-9,18-20H,1H3/b17-9-. The molecule has 0 aliphatic heterocycles. The number of rotatable bonds is 4. The first kappa shape index (κ1) is 15.8. The SMILES string of the molecule is Cc1ccc(S(O)(O)N/N=C\c2cc(F)ccc2Cl)cc1. The Kier molecular flexibility index (Phi) is 4.84. The third kappa shape index (κ3) is 4.18. The van der Waals surface area contributed by atoms with Crippen molar-refractivity contribution in [3.63, 3.8) is 0 Å². The van der Waals surface area contributed by atoms with Crippen LogP contribution >= 0.6 is 22.4 Å². The molecule has 0 fully saturated rings. The Morgan fingerprint density at radius 2 is 1.86 bits per heavy atom. The van der Waals surface area contributed by atoms with Gasteiger partial charge in [-0.05, 0) is 37.3 Å². The predicted molar refractivity (Wildman–Crippen MR) is 84.4 cm³/mol. The molecule has 0 aliphatic rings. The Morgan fingerprint density at radius 1 is 1.19 bits per heavy atom. The molecule has 0 aliphatic carbocycles. The quantitative estimate of drug-likeness (QED) is 0.574. The number of nitrogens with one attached hydrogen (secondary N) is 1. The highest BCUT2D eigenvalue weighted by molar-refractivity contribution is 8.22. The number of nitrogens with zero attached hydrogens (tertiary/aromatic N) is 1. The monoisotopic (exact) mass is 328 g/mol. The molecule has 0 radical (unpaired) electrons. The van der Waals surface area contributed by atoms with Gasteiger partial charge in [0.1, 0.15) is 5.82 Å². The fourth-order valence-corrected chi connectivity index (χ4v) is 2.55. The lowest BCUT2D eigenvalue weighted by Crippen LogP contribution is -2.14. The third-order valence-electron chi connectivity index (χ3n) is 2.69. The molecule has 0 atom stereocenters. The molecule has 0 bridgehead atoms. The van der Waals surface area contributed by atoms with Gasteiger partial charge in [-0.15, -0.1) is 0 Å². The van der Waals surface area contributed by atoms with Crippen molar-refractivity contribution in [1.82, 2.24) is 4.83 Å². The van der Waals surface area contributed by atoms with Crippen molar-refractivity contribution < 1.29 is 13.5 Å². The van der Waals surface area contributed by atoms with Gasteiger partial charge in [0.25, 0.3) is 0 Å². The summed E-state index contributed by atoms with van der Waals surface area (Å²) in [5, 5.41) is 4.04. The Hall–Kier alpha value is -1.60. The molecule has 7 heteroatoms. The number of hydrogen-bond donors (Lipinski definition) is 3. The summed E-state index contributed by atoms with van der Waals surface area (Å²) >= 11 is 5.88. The maximum absolute atomic E-state index is 13.1. The van der Waals surface area contributed by atoms with Crippen molar-refractivity contribution in [2.24, 2.45) is 5.10 Å². The van der Waals surface area contributed by atoms with Gasteiger partial charge < -0.3 is 0 Å². The summed E-state index contributed by atoms with van der Waals surface area (Å²) < 4.78 is 33.0. The highest BCUT2D eigenvalue weighted by atomic mass is 35.5. The van der Waals surface area contributed by atoms with Gasteiger partial charge in [0.2, 0.25) is 0 Å². The minimum atomic E-state index is -3.25. The smallest absolute Gasteiger partial charge is 0.123 e. The normalized spacial score (nSPS) is 12.6. The maximum Gasteiger partial charge on any atom is 0.123 e. The lowest BCUT2D eigenvalue weighted by molar-refractivity contribution is 0.472. The molecule has 4 nitrogen and oxygen atoms in total. The van der Waals surface area contributed by atoms with Crippen molar-refractivity contribution in [3.05, 3.63) is 64.4 Å². The van der Waals surface area contributed by atoms with E-state index in [1.54, 1.807) is 24.3 Å². The van der Waals surface area contributed by atoms with E-state index in [2.05, 4.69) is 9.93 Å². The van der Waals surface area contributed by atoms with E-state index in [-0.39, 0.29) is 0 Å². The maximum atomic E-state index is 13.1. The minimum absolute atomic E-state index is 0.314. The number of hydrazone groups is 1. The van der Waals surface area contributed by atoms with Gasteiger partial charge in [0.15, 0.2) is 0 Å². The lowest BCUT2D eigenvalue weighted by atomic mass is 10.2. The molecule has 0 aromatic heterocycles. The van der Waals surface area contributed by atoms with Crippen molar-refractivity contribution in [2.45, 2.75) is 11.8 Å². The lowest BCUT2D eigenvalue weighted by Gasteiger charge is -2.30. The van der Waals surface area contributed by atoms with Crippen LogP contribution in [-0.2, 0) is 0 Å². The minimum Gasteiger partial charge on any atom is -0.277 e. The topological polar surface area (TPSA) is 64.8 Å². The molecule has 0 saturated heterocycles. The van der Waals surface area contributed by atoms with E-state index in [1.807, 2.05) is 6.92 Å². The molecule has 0 saturated carbocycles. The molecule has 0 heterocycles. The Balaban J connectivity index is 2.12. The van der Waals surface area contributed by atoms with E-state index >= 15 is 0 Å². The molecular weight excluding hydrogens is 315 g/mol. The van der Waals surface area contributed by atoms with Crippen LogP contribution in [0.15, 0.2) is 52.5 Å². The fourth-order valence-electron chi connectivity index (χ4n) is 1.56. The highest BCUT2D eigenvalue weighted by Crippen LogP contribution is 2.43. The molecule has 2 rings (SSSR count). The second-order valence-corrected chi connectivity index (χ2v) is 6.54. The molecule has 3 N–H and O–H groups in total. The Bertz CT molecular complexity index is 663. The molecule has 2 aromatic carbocycles. The largest absolute Gasteiger partial charge is 0.277 e. The van der Waals surface area contributed by atoms with Gasteiger partial charge >= 0.3 is 0 Å². The molecule has 112 valence electrons. The van der Waals surface area contributed by atoms with Gasteiger partial charge in [-0.3, -0.25) is 9.11 Å². The molecule has 0 unspecified atom stereocenters. The Morgan fingerprint density at radius 3 is 2.52 bits per heavy atom. The molecule has 21 heavy (non-hydrogen) atoms. The average Bonchev–Trinajstić information content (AvgIpc) is 2.43. The summed E-state index contributed by atoms with van der Waals surface area (Å²) in [5.74, 6) is -0.453. The molecule has 0 spiro atoms. The number of hydrogen-bond acceptors (Lipinski definition) is 4. The van der Waals surface area contributed by atoms with Crippen LogP contribution < -0.4 is 4.83 Å².